The number of hydrogen-bond donors (Lipinski definition) is 2. The van der Waals surface area contributed by atoms with E-state index in [1.807, 2.05) is 13.1 Å². The zero-order valence-electron chi connectivity index (χ0n) is 10.1. The Morgan fingerprint density at radius 1 is 1.39 bits per heavy atom. The van der Waals surface area contributed by atoms with Crippen molar-refractivity contribution < 1.29 is 4.79 Å². The SMILES string of the molecule is CNC(c1ccc2c(c1)CC(=O)N2)c1cccs1. The predicted molar refractivity (Wildman–Crippen MR) is 74.0 cm³/mol. The van der Waals surface area contributed by atoms with E-state index in [1.54, 1.807) is 11.3 Å². The van der Waals surface area contributed by atoms with E-state index < -0.39 is 0 Å². The zero-order valence-corrected chi connectivity index (χ0v) is 10.9. The van der Waals surface area contributed by atoms with Crippen molar-refractivity contribution in [1.82, 2.24) is 5.32 Å². The van der Waals surface area contributed by atoms with E-state index >= 15 is 0 Å². The van der Waals surface area contributed by atoms with Gasteiger partial charge >= 0.3 is 0 Å². The van der Waals surface area contributed by atoms with Gasteiger partial charge in [-0.1, -0.05) is 18.2 Å². The number of carbonyl (C=O) groups excluding carboxylic acids is 1. The average Bonchev–Trinajstić information content (AvgIpc) is 2.97. The molecule has 0 fully saturated rings. The summed E-state index contributed by atoms with van der Waals surface area (Å²) in [4.78, 5) is 12.6. The molecule has 0 bridgehead atoms. The first-order valence-electron chi connectivity index (χ1n) is 5.91. The van der Waals surface area contributed by atoms with Crippen molar-refractivity contribution in [3.8, 4) is 0 Å². The lowest BCUT2D eigenvalue weighted by molar-refractivity contribution is -0.115. The quantitative estimate of drug-likeness (QED) is 0.888. The van der Waals surface area contributed by atoms with Crippen molar-refractivity contribution in [1.29, 1.82) is 0 Å². The maximum atomic E-state index is 11.4. The van der Waals surface area contributed by atoms with Crippen LogP contribution in [0, 0.1) is 0 Å². The van der Waals surface area contributed by atoms with Gasteiger partial charge in [0.2, 0.25) is 5.91 Å². The molecule has 92 valence electrons. The molecule has 2 aromatic rings. The largest absolute Gasteiger partial charge is 0.326 e. The number of anilines is 1. The summed E-state index contributed by atoms with van der Waals surface area (Å²) in [5.74, 6) is 0.0827. The maximum absolute atomic E-state index is 11.4. The number of carbonyl (C=O) groups is 1. The van der Waals surface area contributed by atoms with Crippen molar-refractivity contribution in [2.45, 2.75) is 12.5 Å². The van der Waals surface area contributed by atoms with Crippen LogP contribution in [0.15, 0.2) is 35.7 Å². The van der Waals surface area contributed by atoms with Crippen LogP contribution in [0.5, 0.6) is 0 Å². The van der Waals surface area contributed by atoms with Crippen molar-refractivity contribution in [3.63, 3.8) is 0 Å². The maximum Gasteiger partial charge on any atom is 0.228 e. The summed E-state index contributed by atoms with van der Waals surface area (Å²) in [6.07, 6.45) is 0.490. The van der Waals surface area contributed by atoms with Crippen LogP contribution >= 0.6 is 11.3 Å². The monoisotopic (exact) mass is 258 g/mol. The van der Waals surface area contributed by atoms with Gasteiger partial charge in [0.05, 0.1) is 12.5 Å². The molecule has 1 aliphatic rings. The van der Waals surface area contributed by atoms with Gasteiger partial charge in [-0.15, -0.1) is 11.3 Å². The first kappa shape index (κ1) is 11.4. The van der Waals surface area contributed by atoms with E-state index in [9.17, 15) is 4.79 Å². The normalized spacial score (nSPS) is 15.3. The van der Waals surface area contributed by atoms with Crippen LogP contribution in [0.4, 0.5) is 5.69 Å². The van der Waals surface area contributed by atoms with E-state index in [2.05, 4.69) is 40.3 Å². The van der Waals surface area contributed by atoms with E-state index in [1.165, 1.54) is 10.4 Å². The van der Waals surface area contributed by atoms with Crippen LogP contribution in [0.25, 0.3) is 0 Å². The molecule has 1 unspecified atom stereocenters. The van der Waals surface area contributed by atoms with Gasteiger partial charge in [0.15, 0.2) is 0 Å². The summed E-state index contributed by atoms with van der Waals surface area (Å²) in [5.41, 5.74) is 3.24. The van der Waals surface area contributed by atoms with Crippen LogP contribution in [0.3, 0.4) is 0 Å². The van der Waals surface area contributed by atoms with Crippen molar-refractivity contribution in [3.05, 3.63) is 51.7 Å². The fraction of sp³-hybridized carbons (Fsp3) is 0.214. The van der Waals surface area contributed by atoms with Gasteiger partial charge in [-0.2, -0.15) is 0 Å². The molecule has 1 amide bonds. The molecule has 1 aromatic heterocycles. The standard InChI is InChI=1S/C14H14N2OS/c1-15-14(12-3-2-6-18-12)9-4-5-11-10(7-9)8-13(17)16-11/h2-7,14-15H,8H2,1H3,(H,16,17). The minimum Gasteiger partial charge on any atom is -0.326 e. The minimum absolute atomic E-state index is 0.0827. The Morgan fingerprint density at radius 2 is 2.28 bits per heavy atom. The second-order valence-electron chi connectivity index (χ2n) is 4.38. The molecule has 3 rings (SSSR count). The van der Waals surface area contributed by atoms with Gasteiger partial charge in [0.1, 0.15) is 0 Å². The highest BCUT2D eigenvalue weighted by molar-refractivity contribution is 7.10. The summed E-state index contributed by atoms with van der Waals surface area (Å²) < 4.78 is 0. The van der Waals surface area contributed by atoms with Gasteiger partial charge in [-0.05, 0) is 35.7 Å². The number of nitrogens with one attached hydrogen (secondary N) is 2. The highest BCUT2D eigenvalue weighted by Crippen LogP contribution is 2.30. The molecule has 1 atom stereocenters. The molecule has 3 nitrogen and oxygen atoms in total. The van der Waals surface area contributed by atoms with Crippen molar-refractivity contribution in [2.24, 2.45) is 0 Å². The molecule has 1 aliphatic heterocycles. The molecule has 0 radical (unpaired) electrons. The van der Waals surface area contributed by atoms with Gasteiger partial charge in [-0.25, -0.2) is 0 Å². The number of rotatable bonds is 3. The fourth-order valence-electron chi connectivity index (χ4n) is 2.36. The second-order valence-corrected chi connectivity index (χ2v) is 5.36. The van der Waals surface area contributed by atoms with Gasteiger partial charge < -0.3 is 10.6 Å². The van der Waals surface area contributed by atoms with E-state index in [4.69, 9.17) is 0 Å². The van der Waals surface area contributed by atoms with Crippen LogP contribution in [-0.4, -0.2) is 13.0 Å². The predicted octanol–water partition coefficient (Wildman–Crippen LogP) is 2.55. The van der Waals surface area contributed by atoms with Crippen molar-refractivity contribution in [2.75, 3.05) is 12.4 Å². The fourth-order valence-corrected chi connectivity index (χ4v) is 3.22. The van der Waals surface area contributed by atoms with Crippen LogP contribution in [-0.2, 0) is 11.2 Å². The van der Waals surface area contributed by atoms with Crippen LogP contribution < -0.4 is 10.6 Å². The third kappa shape index (κ3) is 1.94. The number of thiophene rings is 1. The third-order valence-electron chi connectivity index (χ3n) is 3.20. The lowest BCUT2D eigenvalue weighted by Gasteiger charge is -2.16. The number of hydrogen-bond acceptors (Lipinski definition) is 3. The molecule has 0 aliphatic carbocycles. The summed E-state index contributed by atoms with van der Waals surface area (Å²) in [6, 6.07) is 10.6. The highest BCUT2D eigenvalue weighted by atomic mass is 32.1. The Hall–Kier alpha value is -1.65. The first-order chi connectivity index (χ1) is 8.78. The smallest absolute Gasteiger partial charge is 0.228 e. The summed E-state index contributed by atoms with van der Waals surface area (Å²) >= 11 is 1.74. The highest BCUT2D eigenvalue weighted by Gasteiger charge is 2.20. The summed E-state index contributed by atoms with van der Waals surface area (Å²) in [5, 5.41) is 8.27. The minimum atomic E-state index is 0.0827. The molecular formula is C14H14N2OS. The lowest BCUT2D eigenvalue weighted by Crippen LogP contribution is -2.16. The molecule has 1 aromatic carbocycles. The molecule has 0 saturated heterocycles. The number of benzene rings is 1. The third-order valence-corrected chi connectivity index (χ3v) is 4.14. The van der Waals surface area contributed by atoms with Gasteiger partial charge in [-0.3, -0.25) is 4.79 Å². The number of amides is 1. The first-order valence-corrected chi connectivity index (χ1v) is 6.79. The summed E-state index contributed by atoms with van der Waals surface area (Å²) in [7, 11) is 1.96. The molecule has 18 heavy (non-hydrogen) atoms. The van der Waals surface area contributed by atoms with E-state index in [-0.39, 0.29) is 11.9 Å². The molecule has 4 heteroatoms. The lowest BCUT2D eigenvalue weighted by atomic mass is 10.0. The van der Waals surface area contributed by atoms with Gasteiger partial charge in [0.25, 0.3) is 0 Å². The summed E-state index contributed by atoms with van der Waals surface area (Å²) in [6.45, 7) is 0. The molecular weight excluding hydrogens is 244 g/mol. The van der Waals surface area contributed by atoms with Crippen LogP contribution in [0.2, 0.25) is 0 Å². The topological polar surface area (TPSA) is 41.1 Å². The Morgan fingerprint density at radius 3 is 3.00 bits per heavy atom. The van der Waals surface area contributed by atoms with Crippen LogP contribution in [0.1, 0.15) is 22.0 Å². The van der Waals surface area contributed by atoms with E-state index in [0.29, 0.717) is 6.42 Å². The Bertz CT molecular complexity index is 577. The Kier molecular flexibility index (Phi) is 2.89. The van der Waals surface area contributed by atoms with Crippen molar-refractivity contribution >= 4 is 22.9 Å². The van der Waals surface area contributed by atoms with Gasteiger partial charge in [0, 0.05) is 10.6 Å². The Labute approximate surface area is 110 Å². The molecule has 2 N–H and O–H groups in total. The molecule has 0 saturated carbocycles. The molecule has 0 spiro atoms. The number of fused-ring (bicyclic) bond motifs is 1. The molecule has 2 heterocycles. The average molecular weight is 258 g/mol. The Balaban J connectivity index is 1.97. The second kappa shape index (κ2) is 4.55. The van der Waals surface area contributed by atoms with E-state index in [0.717, 1.165) is 11.3 Å². The zero-order chi connectivity index (χ0) is 12.5.